The summed E-state index contributed by atoms with van der Waals surface area (Å²) in [7, 11) is -3.74. The molecule has 1 nitrogen and oxygen atoms in total. The van der Waals surface area contributed by atoms with Gasteiger partial charge in [0.15, 0.2) is 0 Å². The van der Waals surface area contributed by atoms with Crippen LogP contribution in [-0.2, 0) is 4.79 Å². The molecule has 0 aliphatic rings. The van der Waals surface area contributed by atoms with E-state index in [4.69, 9.17) is 0 Å². The molecule has 0 amide bonds. The third-order valence-corrected chi connectivity index (χ3v) is 22.9. The molecule has 0 radical (unpaired) electrons. The molecule has 0 fully saturated rings. The van der Waals surface area contributed by atoms with Crippen molar-refractivity contribution in [2.45, 2.75) is 12.1 Å². The zero-order chi connectivity index (χ0) is 17.1. The third kappa shape index (κ3) is 2.79. The maximum atomic E-state index is 12.4. The predicted octanol–water partition coefficient (Wildman–Crippen LogP) is 3.59. The van der Waals surface area contributed by atoms with Gasteiger partial charge in [0, 0.05) is 0 Å². The fraction of sp³-hybridized carbons (Fsp3) is 0.0952. The van der Waals surface area contributed by atoms with Crippen molar-refractivity contribution in [3.05, 3.63) is 91.0 Å². The fourth-order valence-electron chi connectivity index (χ4n) is 3.36. The molecule has 0 heterocycles. The van der Waals surface area contributed by atoms with Crippen LogP contribution in [0.25, 0.3) is 0 Å². The Kier molecular flexibility index (Phi) is 4.80. The van der Waals surface area contributed by atoms with E-state index in [1.165, 1.54) is 13.1 Å². The molecule has 3 rings (SSSR count). The van der Waals surface area contributed by atoms with E-state index in [-0.39, 0.29) is 5.78 Å². The van der Waals surface area contributed by atoms with Gasteiger partial charge in [0.25, 0.3) is 0 Å². The number of Topliss-reactive ketones (excluding diaryl/α,β-unsaturated/α-hetero) is 1. The molecule has 0 aliphatic carbocycles. The van der Waals surface area contributed by atoms with Crippen LogP contribution >= 0.6 is 13.9 Å². The van der Waals surface area contributed by atoms with Gasteiger partial charge < -0.3 is 0 Å². The molecule has 0 saturated heterocycles. The van der Waals surface area contributed by atoms with E-state index in [0.717, 1.165) is 0 Å². The first-order valence-corrected chi connectivity index (χ1v) is 16.5. The topological polar surface area (TPSA) is 17.1 Å². The zero-order valence-corrected chi connectivity index (χ0v) is 17.1. The van der Waals surface area contributed by atoms with Gasteiger partial charge in [-0.2, -0.15) is 0 Å². The third-order valence-electron chi connectivity index (χ3n) is 4.40. The van der Waals surface area contributed by atoms with Crippen LogP contribution in [0.2, 0.25) is 5.21 Å². The molecule has 3 aromatic rings. The second-order valence-electron chi connectivity index (χ2n) is 6.05. The van der Waals surface area contributed by atoms with Crippen LogP contribution in [0.1, 0.15) is 6.92 Å². The van der Waals surface area contributed by atoms with Gasteiger partial charge in [-0.25, -0.2) is 0 Å². The molecule has 0 saturated carbocycles. The van der Waals surface area contributed by atoms with Crippen molar-refractivity contribution in [2.24, 2.45) is 0 Å². The Morgan fingerprint density at radius 3 is 1.25 bits per heavy atom. The monoisotopic (exact) mass is 442 g/mol. The van der Waals surface area contributed by atoms with E-state index >= 15 is 0 Å². The first-order chi connectivity index (χ1) is 11.6. The molecule has 0 aliphatic heterocycles. The standard InChI is InChI=1S/C21H20AsBrO/c1-18(24)17-22(23,19-11-5-2-6-12-19,20-13-7-3-8-14-20)21-15-9-4-10-16-21/h2-16H,17H2,1H3. The Balaban J connectivity index is 2.45. The van der Waals surface area contributed by atoms with Crippen molar-refractivity contribution in [2.75, 3.05) is 0 Å². The summed E-state index contributed by atoms with van der Waals surface area (Å²) in [4.78, 5) is 12.4. The molecule has 3 heteroatoms. The Morgan fingerprint density at radius 2 is 1.00 bits per heavy atom. The summed E-state index contributed by atoms with van der Waals surface area (Å²) in [5, 5.41) is 0.511. The molecule has 0 atom stereocenters. The molecule has 24 heavy (non-hydrogen) atoms. The van der Waals surface area contributed by atoms with Gasteiger partial charge >= 0.3 is 151 Å². The van der Waals surface area contributed by atoms with Crippen LogP contribution in [0.15, 0.2) is 91.0 Å². The summed E-state index contributed by atoms with van der Waals surface area (Å²) in [5.74, 6) is 0.203. The number of carbonyl (C=O) groups is 1. The molecule has 0 aromatic heterocycles. The number of benzene rings is 3. The Bertz CT molecular complexity index is 732. The van der Waals surface area contributed by atoms with Gasteiger partial charge in [-0.05, 0) is 0 Å². The Labute approximate surface area is 150 Å². The van der Waals surface area contributed by atoms with Gasteiger partial charge in [0.05, 0.1) is 0 Å². The molecule has 0 N–H and O–H groups in total. The summed E-state index contributed by atoms with van der Waals surface area (Å²) in [6.07, 6.45) is 0. The Morgan fingerprint density at radius 1 is 0.708 bits per heavy atom. The van der Waals surface area contributed by atoms with Crippen molar-refractivity contribution in [3.63, 3.8) is 0 Å². The SMILES string of the molecule is CC(=O)C[As](Br)(c1ccccc1)(c1ccccc1)c1ccccc1. The number of hydrogen-bond donors (Lipinski definition) is 0. The van der Waals surface area contributed by atoms with E-state index in [9.17, 15) is 4.79 Å². The molecule has 0 bridgehead atoms. The van der Waals surface area contributed by atoms with E-state index in [1.54, 1.807) is 6.92 Å². The summed E-state index contributed by atoms with van der Waals surface area (Å²) < 4.78 is 3.68. The average molecular weight is 443 g/mol. The number of halogens is 1. The quantitative estimate of drug-likeness (QED) is 0.552. The fourth-order valence-corrected chi connectivity index (χ4v) is 18.7. The Hall–Kier alpha value is -1.63. The second-order valence-corrected chi connectivity index (χ2v) is 23.1. The molecule has 0 unspecified atom stereocenters. The van der Waals surface area contributed by atoms with Crippen LogP contribution in [0.4, 0.5) is 0 Å². The van der Waals surface area contributed by atoms with Gasteiger partial charge in [0.2, 0.25) is 0 Å². The minimum absolute atomic E-state index is 0.203. The van der Waals surface area contributed by atoms with Crippen LogP contribution in [0, 0.1) is 0 Å². The number of ketones is 1. The van der Waals surface area contributed by atoms with E-state index < -0.39 is 10.6 Å². The summed E-state index contributed by atoms with van der Waals surface area (Å²) in [5.41, 5.74) is 0. The van der Waals surface area contributed by atoms with Crippen molar-refractivity contribution in [1.82, 2.24) is 0 Å². The van der Waals surface area contributed by atoms with Gasteiger partial charge in [-0.15, -0.1) is 0 Å². The van der Waals surface area contributed by atoms with E-state index in [1.807, 2.05) is 18.2 Å². The van der Waals surface area contributed by atoms with Gasteiger partial charge in [0.1, 0.15) is 0 Å². The van der Waals surface area contributed by atoms with Gasteiger partial charge in [-0.3, -0.25) is 0 Å². The van der Waals surface area contributed by atoms with Crippen LogP contribution < -0.4 is 13.1 Å². The van der Waals surface area contributed by atoms with Crippen LogP contribution in [0.3, 0.4) is 0 Å². The number of hydrogen-bond acceptors (Lipinski definition) is 1. The minimum atomic E-state index is -3.74. The maximum absolute atomic E-state index is 12.4. The zero-order valence-electron chi connectivity index (χ0n) is 13.6. The molecule has 3 aromatic carbocycles. The van der Waals surface area contributed by atoms with Crippen molar-refractivity contribution in [1.29, 1.82) is 0 Å². The van der Waals surface area contributed by atoms with Crippen LogP contribution in [-0.4, -0.2) is 16.4 Å². The van der Waals surface area contributed by atoms with Crippen molar-refractivity contribution < 1.29 is 4.79 Å². The predicted molar refractivity (Wildman–Crippen MR) is 108 cm³/mol. The number of carbonyl (C=O) groups excluding carboxylic acids is 1. The van der Waals surface area contributed by atoms with Crippen LogP contribution in [0.5, 0.6) is 0 Å². The molecular weight excluding hydrogens is 423 g/mol. The first-order valence-electron chi connectivity index (χ1n) is 7.95. The van der Waals surface area contributed by atoms with Gasteiger partial charge in [-0.1, -0.05) is 0 Å². The molecular formula is C21H20AsBrO. The molecule has 122 valence electrons. The summed E-state index contributed by atoms with van der Waals surface area (Å²) in [6.45, 7) is 1.69. The van der Waals surface area contributed by atoms with E-state index in [0.29, 0.717) is 5.21 Å². The molecule has 0 spiro atoms. The second kappa shape index (κ2) is 6.70. The normalized spacial score (nSPS) is 13.0. The summed E-state index contributed by atoms with van der Waals surface area (Å²) >= 11 is 4.28. The first kappa shape index (κ1) is 17.2. The summed E-state index contributed by atoms with van der Waals surface area (Å²) in [6, 6.07) is 31.4. The number of rotatable bonds is 5. The average Bonchev–Trinajstić information content (AvgIpc) is 2.63. The van der Waals surface area contributed by atoms with E-state index in [2.05, 4.69) is 86.7 Å². The van der Waals surface area contributed by atoms with Crippen molar-refractivity contribution >= 4 is 43.4 Å². The van der Waals surface area contributed by atoms with Crippen molar-refractivity contribution in [3.8, 4) is 0 Å².